The van der Waals surface area contributed by atoms with Gasteiger partial charge in [-0.3, -0.25) is 9.89 Å². The highest BCUT2D eigenvalue weighted by Gasteiger charge is 2.12. The number of pyridine rings is 1. The third kappa shape index (κ3) is 2.55. The molecular formula is C15H14N4O2. The largest absolute Gasteiger partial charge is 0.497 e. The van der Waals surface area contributed by atoms with E-state index >= 15 is 0 Å². The number of hydrogen-bond acceptors (Lipinski definition) is 4. The van der Waals surface area contributed by atoms with Crippen LogP contribution in [0.3, 0.4) is 0 Å². The number of carbonyl (C=O) groups is 1. The number of ether oxygens (including phenoxy) is 1. The topological polar surface area (TPSA) is 79.9 Å². The van der Waals surface area contributed by atoms with Gasteiger partial charge in [-0.05, 0) is 37.3 Å². The lowest BCUT2D eigenvalue weighted by Crippen LogP contribution is -2.12. The first kappa shape index (κ1) is 13.1. The lowest BCUT2D eigenvalue weighted by Gasteiger charge is -2.04. The number of hydrogen-bond donors (Lipinski definition) is 2. The van der Waals surface area contributed by atoms with Crippen molar-refractivity contribution < 1.29 is 9.53 Å². The minimum Gasteiger partial charge on any atom is -0.497 e. The number of aryl methyl sites for hydroxylation is 1. The maximum Gasteiger partial charge on any atom is 0.257 e. The van der Waals surface area contributed by atoms with Crippen molar-refractivity contribution >= 4 is 22.8 Å². The number of rotatable bonds is 3. The maximum absolute atomic E-state index is 12.2. The zero-order chi connectivity index (χ0) is 14.8. The molecule has 0 aliphatic heterocycles. The first-order chi connectivity index (χ1) is 10.2. The van der Waals surface area contributed by atoms with Crippen molar-refractivity contribution in [3.05, 3.63) is 47.7 Å². The molecule has 0 saturated heterocycles. The summed E-state index contributed by atoms with van der Waals surface area (Å²) in [6.45, 7) is 1.90. The van der Waals surface area contributed by atoms with Gasteiger partial charge in [-0.25, -0.2) is 4.98 Å². The number of aromatic nitrogens is 3. The monoisotopic (exact) mass is 282 g/mol. The van der Waals surface area contributed by atoms with E-state index in [0.717, 1.165) is 11.1 Å². The highest BCUT2D eigenvalue weighted by atomic mass is 16.5. The fourth-order valence-corrected chi connectivity index (χ4v) is 2.04. The molecule has 0 aliphatic carbocycles. The lowest BCUT2D eigenvalue weighted by atomic mass is 10.2. The fourth-order valence-electron chi connectivity index (χ4n) is 2.04. The molecule has 2 aromatic heterocycles. The van der Waals surface area contributed by atoms with Crippen molar-refractivity contribution in [1.82, 2.24) is 15.2 Å². The van der Waals surface area contributed by atoms with Gasteiger partial charge in [0.15, 0.2) is 11.5 Å². The summed E-state index contributed by atoms with van der Waals surface area (Å²) in [4.78, 5) is 16.6. The number of aromatic amines is 1. The third-order valence-electron chi connectivity index (χ3n) is 3.13. The van der Waals surface area contributed by atoms with Crippen LogP contribution in [0.25, 0.3) is 11.0 Å². The Kier molecular flexibility index (Phi) is 3.27. The number of benzene rings is 1. The molecule has 0 atom stereocenters. The molecule has 6 nitrogen and oxygen atoms in total. The number of carbonyl (C=O) groups excluding carboxylic acids is 1. The van der Waals surface area contributed by atoms with E-state index in [1.54, 1.807) is 31.4 Å². The van der Waals surface area contributed by atoms with Crippen LogP contribution >= 0.6 is 0 Å². The van der Waals surface area contributed by atoms with E-state index in [0.29, 0.717) is 22.8 Å². The molecule has 2 heterocycles. The molecule has 2 N–H and O–H groups in total. The Morgan fingerprint density at radius 1 is 1.29 bits per heavy atom. The summed E-state index contributed by atoms with van der Waals surface area (Å²) in [6, 6.07) is 10.7. The van der Waals surface area contributed by atoms with Gasteiger partial charge in [0.2, 0.25) is 0 Å². The predicted molar refractivity (Wildman–Crippen MR) is 79.6 cm³/mol. The van der Waals surface area contributed by atoms with Crippen LogP contribution in [0.2, 0.25) is 0 Å². The quantitative estimate of drug-likeness (QED) is 0.773. The van der Waals surface area contributed by atoms with Crippen LogP contribution in [0.1, 0.15) is 16.1 Å². The highest BCUT2D eigenvalue weighted by Crippen LogP contribution is 2.20. The molecule has 1 amide bonds. The van der Waals surface area contributed by atoms with E-state index in [1.165, 1.54) is 0 Å². The van der Waals surface area contributed by atoms with Crippen LogP contribution in [0, 0.1) is 6.92 Å². The molecule has 0 spiro atoms. The molecule has 0 saturated carbocycles. The smallest absolute Gasteiger partial charge is 0.257 e. The van der Waals surface area contributed by atoms with Crippen LogP contribution in [0.5, 0.6) is 5.75 Å². The standard InChI is InChI=1S/C15H14N4O2/c1-9-6-7-12-13(16-9)18-19-14(12)17-15(20)10-4-3-5-11(8-10)21-2/h3-8H,1-2H3,(H2,16,17,18,19,20). The summed E-state index contributed by atoms with van der Waals surface area (Å²) < 4.78 is 5.11. The van der Waals surface area contributed by atoms with Crippen LogP contribution in [0.4, 0.5) is 5.82 Å². The molecule has 0 unspecified atom stereocenters. The molecule has 3 aromatic rings. The normalized spacial score (nSPS) is 10.6. The Morgan fingerprint density at radius 3 is 2.95 bits per heavy atom. The summed E-state index contributed by atoms with van der Waals surface area (Å²) in [5.41, 5.74) is 2.04. The first-order valence-corrected chi connectivity index (χ1v) is 6.44. The number of nitrogens with zero attached hydrogens (tertiary/aromatic N) is 2. The summed E-state index contributed by atoms with van der Waals surface area (Å²) >= 11 is 0. The van der Waals surface area contributed by atoms with Crippen LogP contribution in [0.15, 0.2) is 36.4 Å². The molecule has 0 aliphatic rings. The van der Waals surface area contributed by atoms with Crippen molar-refractivity contribution in [1.29, 1.82) is 0 Å². The van der Waals surface area contributed by atoms with Gasteiger partial charge >= 0.3 is 0 Å². The van der Waals surface area contributed by atoms with E-state index in [2.05, 4.69) is 20.5 Å². The Balaban J connectivity index is 1.89. The lowest BCUT2D eigenvalue weighted by molar-refractivity contribution is 0.102. The average Bonchev–Trinajstić information content (AvgIpc) is 2.89. The van der Waals surface area contributed by atoms with Crippen molar-refractivity contribution in [2.45, 2.75) is 6.92 Å². The Morgan fingerprint density at radius 2 is 2.14 bits per heavy atom. The van der Waals surface area contributed by atoms with Gasteiger partial charge in [-0.2, -0.15) is 5.10 Å². The van der Waals surface area contributed by atoms with Gasteiger partial charge in [0.1, 0.15) is 5.75 Å². The van der Waals surface area contributed by atoms with Gasteiger partial charge in [0, 0.05) is 11.3 Å². The molecule has 0 radical (unpaired) electrons. The number of H-pyrrole nitrogens is 1. The molecule has 1 aromatic carbocycles. The second-order valence-corrected chi connectivity index (χ2v) is 4.61. The van der Waals surface area contributed by atoms with E-state index in [9.17, 15) is 4.79 Å². The van der Waals surface area contributed by atoms with Crippen LogP contribution in [-0.4, -0.2) is 28.2 Å². The maximum atomic E-state index is 12.2. The van der Waals surface area contributed by atoms with Crippen LogP contribution < -0.4 is 10.1 Å². The zero-order valence-electron chi connectivity index (χ0n) is 11.7. The molecule has 21 heavy (non-hydrogen) atoms. The van der Waals surface area contributed by atoms with Gasteiger partial charge < -0.3 is 10.1 Å². The number of anilines is 1. The van der Waals surface area contributed by atoms with E-state index < -0.39 is 0 Å². The molecular weight excluding hydrogens is 268 g/mol. The molecule has 6 heteroatoms. The molecule has 0 bridgehead atoms. The minimum atomic E-state index is -0.247. The summed E-state index contributed by atoms with van der Waals surface area (Å²) in [5.74, 6) is 0.847. The number of nitrogens with one attached hydrogen (secondary N) is 2. The van der Waals surface area contributed by atoms with Crippen molar-refractivity contribution in [3.8, 4) is 5.75 Å². The average molecular weight is 282 g/mol. The second kappa shape index (κ2) is 5.24. The predicted octanol–water partition coefficient (Wildman–Crippen LogP) is 2.53. The Bertz CT molecular complexity index is 810. The van der Waals surface area contributed by atoms with Gasteiger partial charge in [0.25, 0.3) is 5.91 Å². The number of amides is 1. The van der Waals surface area contributed by atoms with Crippen molar-refractivity contribution in [2.75, 3.05) is 12.4 Å². The van der Waals surface area contributed by atoms with E-state index in [4.69, 9.17) is 4.74 Å². The third-order valence-corrected chi connectivity index (χ3v) is 3.13. The van der Waals surface area contributed by atoms with Gasteiger partial charge in [-0.15, -0.1) is 0 Å². The highest BCUT2D eigenvalue weighted by molar-refractivity contribution is 6.07. The Hall–Kier alpha value is -2.89. The van der Waals surface area contributed by atoms with Gasteiger partial charge in [-0.1, -0.05) is 6.07 Å². The zero-order valence-corrected chi connectivity index (χ0v) is 11.7. The van der Waals surface area contributed by atoms with Gasteiger partial charge in [0.05, 0.1) is 12.5 Å². The Labute approximate surface area is 121 Å². The molecule has 106 valence electrons. The van der Waals surface area contributed by atoms with Crippen LogP contribution in [-0.2, 0) is 0 Å². The number of fused-ring (bicyclic) bond motifs is 1. The first-order valence-electron chi connectivity index (χ1n) is 6.44. The summed E-state index contributed by atoms with van der Waals surface area (Å²) in [6.07, 6.45) is 0. The molecule has 0 fully saturated rings. The minimum absolute atomic E-state index is 0.247. The fraction of sp³-hybridized carbons (Fsp3) is 0.133. The summed E-state index contributed by atoms with van der Waals surface area (Å²) in [7, 11) is 1.56. The van der Waals surface area contributed by atoms with E-state index in [1.807, 2.05) is 19.1 Å². The summed E-state index contributed by atoms with van der Waals surface area (Å²) in [5, 5.41) is 10.5. The molecule has 3 rings (SSSR count). The SMILES string of the molecule is COc1cccc(C(=O)Nc2n[nH]c3nc(C)ccc23)c1. The van der Waals surface area contributed by atoms with Crippen molar-refractivity contribution in [3.63, 3.8) is 0 Å². The van der Waals surface area contributed by atoms with Crippen molar-refractivity contribution in [2.24, 2.45) is 0 Å². The van der Waals surface area contributed by atoms with E-state index in [-0.39, 0.29) is 5.91 Å². The number of methoxy groups -OCH3 is 1. The second-order valence-electron chi connectivity index (χ2n) is 4.61.